The van der Waals surface area contributed by atoms with Crippen LogP contribution in [0.4, 0.5) is 11.5 Å². The topological polar surface area (TPSA) is 124 Å². The summed E-state index contributed by atoms with van der Waals surface area (Å²) in [7, 11) is 0. The number of amides is 1. The number of carbonyl (C=O) groups excluding carboxylic acids is 2. The fraction of sp³-hybridized carbons (Fsp3) is 0.133. The summed E-state index contributed by atoms with van der Waals surface area (Å²) in [6, 6.07) is 6.54. The Labute approximate surface area is 146 Å². The van der Waals surface area contributed by atoms with Crippen molar-refractivity contribution in [3.63, 3.8) is 0 Å². The molecule has 2 aromatic heterocycles. The number of nitrogens with two attached hydrogens (primary N) is 1. The van der Waals surface area contributed by atoms with Crippen LogP contribution in [-0.4, -0.2) is 38.3 Å². The molecule has 0 saturated carbocycles. The second-order valence-corrected chi connectivity index (χ2v) is 5.35. The van der Waals surface area contributed by atoms with E-state index in [4.69, 9.17) is 22.1 Å². The van der Waals surface area contributed by atoms with Crippen molar-refractivity contribution >= 4 is 40.6 Å². The first-order chi connectivity index (χ1) is 12.0. The molecule has 0 bridgehead atoms. The Morgan fingerprint density at radius 3 is 2.68 bits per heavy atom. The van der Waals surface area contributed by atoms with Crippen molar-refractivity contribution < 1.29 is 14.3 Å². The van der Waals surface area contributed by atoms with Gasteiger partial charge in [-0.3, -0.25) is 4.79 Å². The van der Waals surface area contributed by atoms with Crippen LogP contribution >= 0.6 is 11.6 Å². The standard InChI is InChI=1S/C15H13ClN6O3/c1-2-25-15(24)10-7-18-22-12(17)11(20-21-13(10)22)14(23)19-9-5-3-8(16)4-6-9/h3-7H,2,17H2,1H3,(H,19,23). The largest absolute Gasteiger partial charge is 0.462 e. The average molecular weight is 361 g/mol. The number of ether oxygens (including phenoxy) is 1. The smallest absolute Gasteiger partial charge is 0.343 e. The van der Waals surface area contributed by atoms with E-state index in [-0.39, 0.29) is 29.3 Å². The second kappa shape index (κ2) is 6.73. The lowest BCUT2D eigenvalue weighted by molar-refractivity contribution is 0.0528. The van der Waals surface area contributed by atoms with Crippen LogP contribution < -0.4 is 11.1 Å². The summed E-state index contributed by atoms with van der Waals surface area (Å²) >= 11 is 5.80. The summed E-state index contributed by atoms with van der Waals surface area (Å²) in [5, 5.41) is 14.8. The quantitative estimate of drug-likeness (QED) is 0.679. The van der Waals surface area contributed by atoms with Crippen LogP contribution in [0, 0.1) is 0 Å². The summed E-state index contributed by atoms with van der Waals surface area (Å²) in [5.41, 5.74) is 6.57. The van der Waals surface area contributed by atoms with Gasteiger partial charge in [-0.25, -0.2) is 4.79 Å². The Kier molecular flexibility index (Phi) is 4.48. The fourth-order valence-corrected chi connectivity index (χ4v) is 2.23. The highest BCUT2D eigenvalue weighted by Gasteiger charge is 2.21. The highest BCUT2D eigenvalue weighted by Crippen LogP contribution is 2.17. The summed E-state index contributed by atoms with van der Waals surface area (Å²) in [6.45, 7) is 1.89. The maximum Gasteiger partial charge on any atom is 0.343 e. The summed E-state index contributed by atoms with van der Waals surface area (Å²) in [6.07, 6.45) is 1.26. The lowest BCUT2D eigenvalue weighted by Gasteiger charge is -2.07. The molecule has 0 atom stereocenters. The second-order valence-electron chi connectivity index (χ2n) is 4.91. The summed E-state index contributed by atoms with van der Waals surface area (Å²) in [5.74, 6) is -1.21. The monoisotopic (exact) mass is 360 g/mol. The van der Waals surface area contributed by atoms with Crippen LogP contribution in [0.2, 0.25) is 5.02 Å². The first-order valence-corrected chi connectivity index (χ1v) is 7.63. The molecule has 0 aliphatic heterocycles. The summed E-state index contributed by atoms with van der Waals surface area (Å²) < 4.78 is 6.07. The zero-order valence-electron chi connectivity index (χ0n) is 13.1. The van der Waals surface area contributed by atoms with Gasteiger partial charge in [-0.05, 0) is 31.2 Å². The highest BCUT2D eigenvalue weighted by atomic mass is 35.5. The van der Waals surface area contributed by atoms with Crippen LogP contribution in [0.3, 0.4) is 0 Å². The zero-order valence-corrected chi connectivity index (χ0v) is 13.8. The number of halogens is 1. The maximum atomic E-state index is 12.3. The number of fused-ring (bicyclic) bond motifs is 1. The number of anilines is 2. The minimum absolute atomic E-state index is 0.0491. The van der Waals surface area contributed by atoms with E-state index in [1.54, 1.807) is 31.2 Å². The van der Waals surface area contributed by atoms with Crippen molar-refractivity contribution in [2.75, 3.05) is 17.7 Å². The van der Waals surface area contributed by atoms with E-state index in [0.717, 1.165) is 4.52 Å². The number of nitrogen functional groups attached to an aromatic ring is 1. The molecule has 0 aliphatic carbocycles. The molecule has 0 saturated heterocycles. The molecular weight excluding hydrogens is 348 g/mol. The lowest BCUT2D eigenvalue weighted by atomic mass is 10.3. The number of nitrogens with zero attached hydrogens (tertiary/aromatic N) is 4. The van der Waals surface area contributed by atoms with Crippen LogP contribution in [0.1, 0.15) is 27.8 Å². The van der Waals surface area contributed by atoms with Gasteiger partial charge in [0, 0.05) is 10.7 Å². The maximum absolute atomic E-state index is 12.3. The summed E-state index contributed by atoms with van der Waals surface area (Å²) in [4.78, 5) is 24.2. The molecule has 0 fully saturated rings. The minimum Gasteiger partial charge on any atom is -0.462 e. The SMILES string of the molecule is CCOC(=O)c1cnn2c(N)c(C(=O)Nc3ccc(Cl)cc3)nnc12. The lowest BCUT2D eigenvalue weighted by Crippen LogP contribution is -2.19. The molecule has 0 radical (unpaired) electrons. The van der Waals surface area contributed by atoms with E-state index < -0.39 is 11.9 Å². The molecule has 1 aromatic carbocycles. The van der Waals surface area contributed by atoms with Gasteiger partial charge in [0.15, 0.2) is 17.2 Å². The van der Waals surface area contributed by atoms with Crippen molar-refractivity contribution in [1.29, 1.82) is 0 Å². The number of rotatable bonds is 4. The van der Waals surface area contributed by atoms with Crippen molar-refractivity contribution in [1.82, 2.24) is 19.8 Å². The molecule has 25 heavy (non-hydrogen) atoms. The van der Waals surface area contributed by atoms with Crippen LogP contribution in [0.5, 0.6) is 0 Å². The van der Waals surface area contributed by atoms with Crippen molar-refractivity contribution in [2.45, 2.75) is 6.92 Å². The Bertz CT molecular complexity index is 954. The number of aromatic nitrogens is 4. The molecule has 2 heterocycles. The Morgan fingerprint density at radius 1 is 1.28 bits per heavy atom. The zero-order chi connectivity index (χ0) is 18.0. The predicted molar refractivity (Wildman–Crippen MR) is 90.6 cm³/mol. The van der Waals surface area contributed by atoms with E-state index in [0.29, 0.717) is 10.7 Å². The van der Waals surface area contributed by atoms with E-state index in [1.165, 1.54) is 6.20 Å². The Balaban J connectivity index is 1.92. The molecule has 0 spiro atoms. The number of carbonyl (C=O) groups is 2. The molecule has 9 nitrogen and oxygen atoms in total. The van der Waals surface area contributed by atoms with Gasteiger partial charge >= 0.3 is 5.97 Å². The first-order valence-electron chi connectivity index (χ1n) is 7.25. The van der Waals surface area contributed by atoms with Gasteiger partial charge in [0.2, 0.25) is 0 Å². The Morgan fingerprint density at radius 2 is 2.00 bits per heavy atom. The molecule has 3 N–H and O–H groups in total. The molecule has 0 unspecified atom stereocenters. The van der Waals surface area contributed by atoms with Gasteiger partial charge in [-0.1, -0.05) is 11.6 Å². The molecule has 10 heteroatoms. The van der Waals surface area contributed by atoms with E-state index in [9.17, 15) is 9.59 Å². The van der Waals surface area contributed by atoms with Crippen molar-refractivity contribution in [3.05, 3.63) is 46.7 Å². The average Bonchev–Trinajstić information content (AvgIpc) is 3.02. The van der Waals surface area contributed by atoms with Gasteiger partial charge in [0.1, 0.15) is 5.56 Å². The van der Waals surface area contributed by atoms with Crippen molar-refractivity contribution in [3.8, 4) is 0 Å². The van der Waals surface area contributed by atoms with Gasteiger partial charge in [0.05, 0.1) is 12.8 Å². The number of nitrogens with one attached hydrogen (secondary N) is 1. The molecule has 3 aromatic rings. The number of hydrogen-bond acceptors (Lipinski definition) is 7. The third-order valence-corrected chi connectivity index (χ3v) is 3.52. The first kappa shape index (κ1) is 16.7. The number of esters is 1. The minimum atomic E-state index is -0.593. The molecule has 128 valence electrons. The number of benzene rings is 1. The van der Waals surface area contributed by atoms with Gasteiger partial charge in [0.25, 0.3) is 5.91 Å². The highest BCUT2D eigenvalue weighted by molar-refractivity contribution is 6.30. The van der Waals surface area contributed by atoms with Crippen LogP contribution in [0.25, 0.3) is 5.65 Å². The van der Waals surface area contributed by atoms with Gasteiger partial charge in [-0.15, -0.1) is 10.2 Å². The van der Waals surface area contributed by atoms with E-state index in [2.05, 4.69) is 20.6 Å². The molecule has 3 rings (SSSR count). The number of hydrogen-bond donors (Lipinski definition) is 2. The Hall–Kier alpha value is -3.20. The third kappa shape index (κ3) is 3.22. The van der Waals surface area contributed by atoms with Crippen LogP contribution in [-0.2, 0) is 4.74 Å². The van der Waals surface area contributed by atoms with Crippen molar-refractivity contribution in [2.24, 2.45) is 0 Å². The van der Waals surface area contributed by atoms with E-state index >= 15 is 0 Å². The third-order valence-electron chi connectivity index (χ3n) is 3.27. The molecule has 1 amide bonds. The normalized spacial score (nSPS) is 10.6. The molecular formula is C15H13ClN6O3. The van der Waals surface area contributed by atoms with Gasteiger partial charge in [-0.2, -0.15) is 9.61 Å². The fourth-order valence-electron chi connectivity index (χ4n) is 2.10. The van der Waals surface area contributed by atoms with Crippen LogP contribution in [0.15, 0.2) is 30.5 Å². The molecule has 0 aliphatic rings. The van der Waals surface area contributed by atoms with E-state index in [1.807, 2.05) is 0 Å². The van der Waals surface area contributed by atoms with Gasteiger partial charge < -0.3 is 15.8 Å². The predicted octanol–water partition coefficient (Wildman–Crippen LogP) is 1.79.